The number of aliphatic hydroxyl groups is 2. The van der Waals surface area contributed by atoms with Crippen molar-refractivity contribution in [2.75, 3.05) is 49.3 Å². The van der Waals surface area contributed by atoms with E-state index in [0.29, 0.717) is 34.2 Å². The minimum Gasteiger partial charge on any atom is -0.441 e. The zero-order chi connectivity index (χ0) is 43.5. The smallest absolute Gasteiger partial charge is 0.441 e. The Hall–Kier alpha value is -6.24. The lowest BCUT2D eigenvalue weighted by Crippen LogP contribution is -2.30. The van der Waals surface area contributed by atoms with Crippen molar-refractivity contribution in [2.24, 2.45) is 14.1 Å². The van der Waals surface area contributed by atoms with E-state index in [-0.39, 0.29) is 48.8 Å². The van der Waals surface area contributed by atoms with E-state index in [1.165, 1.54) is 56.1 Å². The van der Waals surface area contributed by atoms with Gasteiger partial charge in [0.1, 0.15) is 41.3 Å². The number of tetrazole rings is 2. The lowest BCUT2D eigenvalue weighted by atomic mass is 10.1. The van der Waals surface area contributed by atoms with Gasteiger partial charge in [0.15, 0.2) is 0 Å². The molecule has 2 saturated heterocycles. The summed E-state index contributed by atoms with van der Waals surface area (Å²) in [6.45, 7) is -1.66. The Labute approximate surface area is 349 Å². The predicted octanol–water partition coefficient (Wildman–Crippen LogP) is 2.49. The fraction of sp³-hybridized carbons (Fsp3) is 0.324. The molecule has 8 rings (SSSR count). The molecule has 0 radical (unpaired) electrons. The van der Waals surface area contributed by atoms with Crippen LogP contribution in [0.5, 0.6) is 0 Å². The lowest BCUT2D eigenvalue weighted by molar-refractivity contribution is -0.0991. The molecular formula is C37H37F2N12O10P. The molecule has 22 nitrogen and oxygen atoms in total. The number of hydrogen-bond acceptors (Lipinski definition) is 18. The fourth-order valence-corrected chi connectivity index (χ4v) is 7.28. The highest BCUT2D eigenvalue weighted by molar-refractivity contribution is 7.47. The number of aliphatic hydroxyl groups excluding tert-OH is 2. The zero-order valence-corrected chi connectivity index (χ0v) is 33.6. The predicted molar refractivity (Wildman–Crippen MR) is 209 cm³/mol. The number of nitrogens with zero attached hydrogens (tertiary/aromatic N) is 12. The molecule has 0 spiro atoms. The molecule has 4 unspecified atom stereocenters. The first kappa shape index (κ1) is 42.5. The maximum atomic E-state index is 15.3. The quantitative estimate of drug-likeness (QED) is 0.118. The van der Waals surface area contributed by atoms with Crippen LogP contribution in [-0.2, 0) is 41.9 Å². The first-order chi connectivity index (χ1) is 29.8. The standard InChI is InChI=1S/C37H37F2N12O10P/c1-48-44-34(42-46-48)32-9-3-21(13-40-32)28-7-5-23(11-30(28)38)50-15-26(60-36(50)53)19-57-17-25(52)18-58-62(55,56)59-20-27-16-51(37(54)61-27)24-6-8-29(31(39)12-24)22-4-10-33(41-14-22)35-43-47-49(2)45-35/h3-14,25-27,37,52,54H,15-20H2,1-2H3,(H,55,56)/t25?,26?,27-,37?/m1/s1. The molecule has 2 aromatic carbocycles. The molecule has 62 heavy (non-hydrogen) atoms. The monoisotopic (exact) mass is 878 g/mol. The Morgan fingerprint density at radius 2 is 1.40 bits per heavy atom. The minimum atomic E-state index is -4.72. The van der Waals surface area contributed by atoms with Crippen LogP contribution in [0, 0.1) is 11.6 Å². The number of aromatic nitrogens is 10. The third-order valence-corrected chi connectivity index (χ3v) is 10.4. The Balaban J connectivity index is 0.752. The maximum Gasteiger partial charge on any atom is 0.472 e. The fourth-order valence-electron chi connectivity index (χ4n) is 6.49. The van der Waals surface area contributed by atoms with E-state index >= 15 is 8.78 Å². The van der Waals surface area contributed by atoms with E-state index in [9.17, 15) is 24.5 Å². The van der Waals surface area contributed by atoms with Gasteiger partial charge < -0.3 is 34.2 Å². The molecular weight excluding hydrogens is 841 g/mol. The summed E-state index contributed by atoms with van der Waals surface area (Å²) in [5.74, 6) is -0.552. The van der Waals surface area contributed by atoms with Gasteiger partial charge in [-0.15, -0.1) is 20.4 Å². The topological polar surface area (TPSA) is 260 Å². The van der Waals surface area contributed by atoms with E-state index in [4.69, 9.17) is 23.3 Å². The number of amides is 1. The molecule has 2 fully saturated rings. The van der Waals surface area contributed by atoms with Crippen LogP contribution in [0.15, 0.2) is 73.1 Å². The number of ether oxygens (including phenoxy) is 3. The summed E-state index contributed by atoms with van der Waals surface area (Å²) in [5.41, 5.74) is 2.94. The number of pyridine rings is 2. The number of cyclic esters (lactones) is 1. The summed E-state index contributed by atoms with van der Waals surface area (Å²) >= 11 is 0. The summed E-state index contributed by atoms with van der Waals surface area (Å²) in [4.78, 5) is 36.6. The SMILES string of the molecule is Cn1nnc(-c2ccc(-c3ccc(N4CC(COCC(O)COP(=O)(O)OC[C@H]5CN(c6ccc(-c7ccc(-c8nnn(C)n8)nc7)c(F)c6)C(O)O5)OC4=O)cc3F)cn2)n1. The molecule has 25 heteroatoms. The highest BCUT2D eigenvalue weighted by Gasteiger charge is 2.36. The molecule has 2 aliphatic heterocycles. The van der Waals surface area contributed by atoms with Gasteiger partial charge in [-0.3, -0.25) is 23.9 Å². The number of phosphoric acid groups is 1. The largest absolute Gasteiger partial charge is 0.472 e. The number of halogens is 2. The molecule has 0 bridgehead atoms. The second-order valence-electron chi connectivity index (χ2n) is 14.0. The van der Waals surface area contributed by atoms with E-state index in [0.717, 1.165) is 0 Å². The molecule has 3 N–H and O–H groups in total. The van der Waals surface area contributed by atoms with Crippen molar-refractivity contribution in [2.45, 2.75) is 24.7 Å². The van der Waals surface area contributed by atoms with Gasteiger partial charge in [-0.25, -0.2) is 18.1 Å². The van der Waals surface area contributed by atoms with Crippen LogP contribution in [-0.4, -0.2) is 136 Å². The van der Waals surface area contributed by atoms with Crippen LogP contribution in [0.1, 0.15) is 0 Å². The molecule has 0 saturated carbocycles. The van der Waals surface area contributed by atoms with Crippen molar-refractivity contribution in [3.05, 3.63) is 84.7 Å². The molecule has 2 aliphatic rings. The Morgan fingerprint density at radius 1 is 0.806 bits per heavy atom. The van der Waals surface area contributed by atoms with E-state index in [2.05, 4.69) is 40.8 Å². The Bertz CT molecular complexity index is 2590. The van der Waals surface area contributed by atoms with Gasteiger partial charge in [-0.05, 0) is 59.0 Å². The van der Waals surface area contributed by atoms with Gasteiger partial charge in [-0.1, -0.05) is 12.1 Å². The lowest BCUT2D eigenvalue weighted by Gasteiger charge is -2.21. The van der Waals surface area contributed by atoms with Gasteiger partial charge in [0.2, 0.25) is 18.1 Å². The van der Waals surface area contributed by atoms with Gasteiger partial charge in [-0.2, -0.15) is 9.59 Å². The van der Waals surface area contributed by atoms with Gasteiger partial charge in [0, 0.05) is 40.3 Å². The molecule has 0 aliphatic carbocycles. The minimum absolute atomic E-state index is 0.0252. The third-order valence-electron chi connectivity index (χ3n) is 9.50. The summed E-state index contributed by atoms with van der Waals surface area (Å²) in [7, 11) is -1.47. The van der Waals surface area contributed by atoms with Crippen LogP contribution in [0.25, 0.3) is 45.3 Å². The third kappa shape index (κ3) is 9.77. The Kier molecular flexibility index (Phi) is 12.3. The molecule has 1 amide bonds. The van der Waals surface area contributed by atoms with Crippen LogP contribution in [0.3, 0.4) is 0 Å². The molecule has 4 aromatic heterocycles. The average Bonchev–Trinajstić information content (AvgIpc) is 4.07. The first-order valence-electron chi connectivity index (χ1n) is 18.8. The van der Waals surface area contributed by atoms with Crippen molar-refractivity contribution < 1.29 is 56.5 Å². The van der Waals surface area contributed by atoms with E-state index in [1.807, 2.05) is 0 Å². The summed E-state index contributed by atoms with van der Waals surface area (Å²) < 4.78 is 69.2. The molecule has 324 valence electrons. The number of rotatable bonds is 16. The maximum absolute atomic E-state index is 15.3. The van der Waals surface area contributed by atoms with Crippen LogP contribution in [0.2, 0.25) is 0 Å². The molecule has 6 aromatic rings. The average molecular weight is 879 g/mol. The molecule has 6 heterocycles. The van der Waals surface area contributed by atoms with Gasteiger partial charge in [0.05, 0.1) is 59.3 Å². The summed E-state index contributed by atoms with van der Waals surface area (Å²) in [5, 5.41) is 44.4. The normalized spacial score (nSPS) is 19.2. The van der Waals surface area contributed by atoms with Crippen LogP contribution < -0.4 is 9.80 Å². The number of phosphoric ester groups is 1. The summed E-state index contributed by atoms with van der Waals surface area (Å²) in [6, 6.07) is 15.2. The van der Waals surface area contributed by atoms with Crippen molar-refractivity contribution in [3.8, 4) is 45.3 Å². The van der Waals surface area contributed by atoms with Gasteiger partial charge in [0.25, 0.3) is 0 Å². The molecule has 5 atom stereocenters. The van der Waals surface area contributed by atoms with Crippen molar-refractivity contribution in [1.82, 2.24) is 50.4 Å². The summed E-state index contributed by atoms with van der Waals surface area (Å²) in [6.07, 6.45) is -2.34. The number of carbonyl (C=O) groups is 1. The number of hydrogen-bond donors (Lipinski definition) is 3. The van der Waals surface area contributed by atoms with Crippen LogP contribution in [0.4, 0.5) is 25.0 Å². The van der Waals surface area contributed by atoms with Crippen LogP contribution >= 0.6 is 7.82 Å². The highest BCUT2D eigenvalue weighted by atomic mass is 31.2. The second-order valence-corrected chi connectivity index (χ2v) is 15.5. The number of carbonyl (C=O) groups excluding carboxylic acids is 1. The van der Waals surface area contributed by atoms with Crippen molar-refractivity contribution >= 4 is 25.3 Å². The number of aryl methyl sites for hydroxylation is 2. The van der Waals surface area contributed by atoms with Gasteiger partial charge >= 0.3 is 13.9 Å². The van der Waals surface area contributed by atoms with E-state index in [1.54, 1.807) is 50.5 Å². The highest BCUT2D eigenvalue weighted by Crippen LogP contribution is 2.44. The first-order valence-corrected chi connectivity index (χ1v) is 20.2. The Morgan fingerprint density at radius 3 is 1.95 bits per heavy atom. The van der Waals surface area contributed by atoms with Crippen molar-refractivity contribution in [3.63, 3.8) is 0 Å². The van der Waals surface area contributed by atoms with E-state index < -0.39 is 63.5 Å². The second kappa shape index (κ2) is 18.0. The van der Waals surface area contributed by atoms with Crippen molar-refractivity contribution in [1.29, 1.82) is 0 Å². The number of anilines is 2. The zero-order valence-electron chi connectivity index (χ0n) is 32.7. The number of benzene rings is 2.